The maximum absolute atomic E-state index is 12.9. The van der Waals surface area contributed by atoms with E-state index in [0.29, 0.717) is 19.4 Å². The molecule has 1 saturated carbocycles. The Kier molecular flexibility index (Phi) is 6.85. The van der Waals surface area contributed by atoms with Gasteiger partial charge in [-0.25, -0.2) is 4.98 Å². The number of aliphatic hydroxyl groups is 2. The number of benzene rings is 1. The van der Waals surface area contributed by atoms with E-state index in [1.807, 2.05) is 39.0 Å². The molecule has 33 heavy (non-hydrogen) atoms. The maximum atomic E-state index is 12.9. The van der Waals surface area contributed by atoms with Crippen molar-refractivity contribution < 1.29 is 15.0 Å². The van der Waals surface area contributed by atoms with Crippen LogP contribution in [0.4, 0.5) is 5.13 Å². The highest BCUT2D eigenvalue weighted by atomic mass is 32.1. The molecule has 1 aromatic heterocycles. The molecule has 1 amide bonds. The fraction of sp³-hybridized carbons (Fsp3) is 0.615. The van der Waals surface area contributed by atoms with Gasteiger partial charge in [-0.05, 0) is 50.0 Å². The topological polar surface area (TPSA) is 94.5 Å². The summed E-state index contributed by atoms with van der Waals surface area (Å²) in [5.41, 5.74) is 1.39. The van der Waals surface area contributed by atoms with E-state index in [2.05, 4.69) is 29.7 Å². The summed E-state index contributed by atoms with van der Waals surface area (Å²) in [6.45, 7) is 8.83. The number of thiazole rings is 1. The van der Waals surface area contributed by atoms with Crippen LogP contribution in [0.1, 0.15) is 69.0 Å². The van der Waals surface area contributed by atoms with E-state index in [0.717, 1.165) is 23.7 Å². The zero-order chi connectivity index (χ0) is 23.8. The molecule has 2 aromatic rings. The Bertz CT molecular complexity index is 978. The predicted octanol–water partition coefficient (Wildman–Crippen LogP) is 4.09. The van der Waals surface area contributed by atoms with Crippen LogP contribution in [-0.2, 0) is 17.8 Å². The van der Waals surface area contributed by atoms with Crippen LogP contribution in [0.3, 0.4) is 0 Å². The lowest BCUT2D eigenvalue weighted by Crippen LogP contribution is -2.57. The maximum Gasteiger partial charge on any atom is 0.220 e. The lowest BCUT2D eigenvalue weighted by molar-refractivity contribution is -0.144. The van der Waals surface area contributed by atoms with Crippen LogP contribution in [0.25, 0.3) is 0 Å². The number of carbonyl (C=O) groups excluding carboxylic acids is 1. The molecule has 4 rings (SSSR count). The SMILES string of the molecule is CC(C)NC(=O)CC1c2nc(NCc3ccccc3)sc2CC2C(C)(CO)C(O)CCC12C. The number of anilines is 1. The second kappa shape index (κ2) is 9.35. The minimum absolute atomic E-state index is 0.0337. The van der Waals surface area contributed by atoms with Gasteiger partial charge in [-0.15, -0.1) is 11.3 Å². The van der Waals surface area contributed by atoms with Crippen LogP contribution in [0.15, 0.2) is 30.3 Å². The molecule has 1 heterocycles. The van der Waals surface area contributed by atoms with Gasteiger partial charge < -0.3 is 20.8 Å². The number of amides is 1. The number of nitrogens with zero attached hydrogens (tertiary/aromatic N) is 1. The summed E-state index contributed by atoms with van der Waals surface area (Å²) in [6.07, 6.45) is 2.05. The Hall–Kier alpha value is -1.96. The first-order chi connectivity index (χ1) is 15.7. The summed E-state index contributed by atoms with van der Waals surface area (Å²) in [6, 6.07) is 10.3. The number of hydrogen-bond acceptors (Lipinski definition) is 6. The van der Waals surface area contributed by atoms with E-state index in [1.54, 1.807) is 11.3 Å². The van der Waals surface area contributed by atoms with E-state index in [1.165, 1.54) is 10.4 Å². The molecule has 6 nitrogen and oxygen atoms in total. The highest BCUT2D eigenvalue weighted by Gasteiger charge is 2.59. The van der Waals surface area contributed by atoms with Gasteiger partial charge in [-0.3, -0.25) is 4.79 Å². The first-order valence-electron chi connectivity index (χ1n) is 12.0. The lowest BCUT2D eigenvalue weighted by atomic mass is 9.47. The van der Waals surface area contributed by atoms with Crippen molar-refractivity contribution in [2.24, 2.45) is 16.7 Å². The first-order valence-corrected chi connectivity index (χ1v) is 12.8. The smallest absolute Gasteiger partial charge is 0.220 e. The van der Waals surface area contributed by atoms with E-state index < -0.39 is 11.5 Å². The predicted molar refractivity (Wildman–Crippen MR) is 132 cm³/mol. The average Bonchev–Trinajstić information content (AvgIpc) is 3.19. The van der Waals surface area contributed by atoms with E-state index in [9.17, 15) is 15.0 Å². The van der Waals surface area contributed by atoms with Crippen LogP contribution in [-0.4, -0.2) is 39.9 Å². The normalized spacial score (nSPS) is 31.1. The third-order valence-corrected chi connectivity index (χ3v) is 9.07. The number of aliphatic hydroxyl groups excluding tert-OH is 2. The number of nitrogens with one attached hydrogen (secondary N) is 2. The van der Waals surface area contributed by atoms with Crippen LogP contribution in [0.5, 0.6) is 0 Å². The Balaban J connectivity index is 1.68. The van der Waals surface area contributed by atoms with Crippen molar-refractivity contribution in [1.82, 2.24) is 10.3 Å². The highest BCUT2D eigenvalue weighted by molar-refractivity contribution is 7.15. The number of aromatic nitrogens is 1. The van der Waals surface area contributed by atoms with Crippen LogP contribution in [0, 0.1) is 16.7 Å². The van der Waals surface area contributed by atoms with Gasteiger partial charge >= 0.3 is 0 Å². The molecule has 0 bridgehead atoms. The molecule has 4 N–H and O–H groups in total. The van der Waals surface area contributed by atoms with Gasteiger partial charge in [0.25, 0.3) is 0 Å². The second-order valence-corrected chi connectivity index (χ2v) is 11.7. The first kappa shape index (κ1) is 24.2. The lowest BCUT2D eigenvalue weighted by Gasteiger charge is -2.58. The standard InChI is InChI=1S/C26H37N3O3S/c1-16(2)28-22(32)12-18-23-19(33-24(29-23)27-14-17-8-6-5-7-9-17)13-20-25(18,3)11-10-21(31)26(20,4)15-30/h5-9,16,18,20-21,30-31H,10-15H2,1-4H3,(H,27,29)(H,28,32). The quantitative estimate of drug-likeness (QED) is 0.488. The summed E-state index contributed by atoms with van der Waals surface area (Å²) < 4.78 is 0. The molecule has 2 aliphatic carbocycles. The molecule has 1 aromatic carbocycles. The fourth-order valence-corrected chi connectivity index (χ4v) is 7.13. The summed E-state index contributed by atoms with van der Waals surface area (Å²) >= 11 is 1.65. The fourth-order valence-electron chi connectivity index (χ4n) is 6.06. The molecule has 0 radical (unpaired) electrons. The van der Waals surface area contributed by atoms with Crippen LogP contribution in [0.2, 0.25) is 0 Å². The monoisotopic (exact) mass is 471 g/mol. The van der Waals surface area contributed by atoms with Crippen LogP contribution >= 0.6 is 11.3 Å². The average molecular weight is 472 g/mol. The van der Waals surface area contributed by atoms with Crippen LogP contribution < -0.4 is 10.6 Å². The molecule has 7 heteroatoms. The van der Waals surface area contributed by atoms with Crippen molar-refractivity contribution >= 4 is 22.4 Å². The van der Waals surface area contributed by atoms with Gasteiger partial charge in [0.1, 0.15) is 0 Å². The molecule has 0 spiro atoms. The van der Waals surface area contributed by atoms with Crippen molar-refractivity contribution in [3.63, 3.8) is 0 Å². The van der Waals surface area contributed by atoms with E-state index in [-0.39, 0.29) is 35.8 Å². The second-order valence-electron chi connectivity index (χ2n) is 10.6. The van der Waals surface area contributed by atoms with Gasteiger partial charge in [0.05, 0.1) is 18.4 Å². The summed E-state index contributed by atoms with van der Waals surface area (Å²) in [5, 5.41) is 28.6. The molecule has 180 valence electrons. The zero-order valence-corrected chi connectivity index (χ0v) is 20.9. The van der Waals surface area contributed by atoms with Gasteiger partial charge in [0.2, 0.25) is 5.91 Å². The molecule has 1 fully saturated rings. The molecule has 0 saturated heterocycles. The summed E-state index contributed by atoms with van der Waals surface area (Å²) in [7, 11) is 0. The van der Waals surface area contributed by atoms with Gasteiger partial charge in [-0.1, -0.05) is 44.2 Å². The Morgan fingerprint density at radius 2 is 2.00 bits per heavy atom. The van der Waals surface area contributed by atoms with Crippen molar-refractivity contribution in [3.05, 3.63) is 46.5 Å². The number of fused-ring (bicyclic) bond motifs is 2. The molecule has 5 unspecified atom stereocenters. The molecular formula is C26H37N3O3S. The number of rotatable bonds is 7. The third kappa shape index (κ3) is 4.55. The molecular weight excluding hydrogens is 434 g/mol. The van der Waals surface area contributed by atoms with Crippen molar-refractivity contribution in [2.75, 3.05) is 11.9 Å². The molecule has 0 aliphatic heterocycles. The van der Waals surface area contributed by atoms with E-state index in [4.69, 9.17) is 4.98 Å². The largest absolute Gasteiger partial charge is 0.396 e. The Morgan fingerprint density at radius 1 is 1.27 bits per heavy atom. The number of carbonyl (C=O) groups is 1. The number of hydrogen-bond donors (Lipinski definition) is 4. The Labute approximate surface area is 200 Å². The highest BCUT2D eigenvalue weighted by Crippen LogP contribution is 2.62. The third-order valence-electron chi connectivity index (χ3n) is 8.02. The van der Waals surface area contributed by atoms with Gasteiger partial charge in [0, 0.05) is 35.2 Å². The molecule has 2 aliphatic rings. The van der Waals surface area contributed by atoms with Crippen molar-refractivity contribution in [3.8, 4) is 0 Å². The van der Waals surface area contributed by atoms with Gasteiger partial charge in [-0.2, -0.15) is 0 Å². The minimum atomic E-state index is -0.598. The summed E-state index contributed by atoms with van der Waals surface area (Å²) in [4.78, 5) is 19.1. The van der Waals surface area contributed by atoms with Crippen molar-refractivity contribution in [2.45, 2.75) is 78.0 Å². The zero-order valence-electron chi connectivity index (χ0n) is 20.1. The molecule has 5 atom stereocenters. The summed E-state index contributed by atoms with van der Waals surface area (Å²) in [5.74, 6) is 0.0591. The van der Waals surface area contributed by atoms with E-state index >= 15 is 0 Å². The Morgan fingerprint density at radius 3 is 2.67 bits per heavy atom. The van der Waals surface area contributed by atoms with Gasteiger partial charge in [0.15, 0.2) is 5.13 Å². The van der Waals surface area contributed by atoms with Crippen molar-refractivity contribution in [1.29, 1.82) is 0 Å². The minimum Gasteiger partial charge on any atom is -0.396 e.